The Bertz CT molecular complexity index is 1880. The Labute approximate surface area is 600 Å². The van der Waals surface area contributed by atoms with Gasteiger partial charge in [-0.15, -0.1) is 0 Å². The van der Waals surface area contributed by atoms with Crippen LogP contribution in [0.5, 0.6) is 0 Å². The molecule has 582 valence electrons. The van der Waals surface area contributed by atoms with Crippen LogP contribution in [0.2, 0.25) is 0 Å². The van der Waals surface area contributed by atoms with Crippen LogP contribution in [0.1, 0.15) is 420 Å². The highest BCUT2D eigenvalue weighted by Gasteiger charge is 2.30. The summed E-state index contributed by atoms with van der Waals surface area (Å²) in [6.45, 7) is 7.25. The highest BCUT2D eigenvalue weighted by atomic mass is 31.2. The first-order chi connectivity index (χ1) is 47.6. The molecule has 0 saturated heterocycles. The van der Waals surface area contributed by atoms with Crippen LogP contribution < -0.4 is 0 Å². The molecule has 98 heavy (non-hydrogen) atoms. The molecule has 3 N–H and O–H groups in total. The first-order valence-corrected chi connectivity index (χ1v) is 44.2. The van der Waals surface area contributed by atoms with Crippen LogP contribution in [0.15, 0.2) is 0 Å². The smallest absolute Gasteiger partial charge is 0.462 e. The average Bonchev–Trinajstić information content (AvgIpc) is 1.11. The molecule has 0 rings (SSSR count). The third-order valence-corrected chi connectivity index (χ3v) is 20.8. The molecule has 0 amide bonds. The van der Waals surface area contributed by atoms with Gasteiger partial charge in [-0.2, -0.15) is 0 Å². The van der Waals surface area contributed by atoms with Crippen molar-refractivity contribution in [2.24, 2.45) is 5.92 Å². The summed E-state index contributed by atoms with van der Waals surface area (Å²) in [7, 11) is -9.91. The van der Waals surface area contributed by atoms with Crippen LogP contribution >= 0.6 is 15.6 Å². The van der Waals surface area contributed by atoms with Crippen molar-refractivity contribution in [3.8, 4) is 0 Å². The molecular weight excluding hydrogens is 1280 g/mol. The van der Waals surface area contributed by atoms with E-state index in [0.717, 1.165) is 95.8 Å². The van der Waals surface area contributed by atoms with Crippen LogP contribution in [-0.4, -0.2) is 96.7 Å². The van der Waals surface area contributed by atoms with Crippen molar-refractivity contribution in [1.29, 1.82) is 0 Å². The van der Waals surface area contributed by atoms with E-state index in [-0.39, 0.29) is 25.7 Å². The number of esters is 4. The Kier molecular flexibility index (Phi) is 70.6. The minimum absolute atomic E-state index is 0.104. The van der Waals surface area contributed by atoms with E-state index < -0.39 is 97.5 Å². The summed E-state index contributed by atoms with van der Waals surface area (Å²) >= 11 is 0. The number of phosphoric acid groups is 2. The van der Waals surface area contributed by atoms with Gasteiger partial charge in [0.25, 0.3) is 0 Å². The quantitative estimate of drug-likeness (QED) is 0.0222. The molecule has 0 bridgehead atoms. The molecule has 19 heteroatoms. The zero-order valence-electron chi connectivity index (χ0n) is 63.9. The molecule has 0 fully saturated rings. The zero-order chi connectivity index (χ0) is 71.9. The SMILES string of the molecule is CCCCCCCCCCCCCCCCCCCCCCCC(=O)O[C@H](COC(=O)CCCCCCCCCCCCCCCCCCC)COP(=O)(O)OC[C@@H](O)COP(=O)(O)OC[C@@H](COC(=O)CCCCCCCCCCCC)OC(=O)CCCCCCCCC(C)CC. The summed E-state index contributed by atoms with van der Waals surface area (Å²) in [5.74, 6) is -1.39. The van der Waals surface area contributed by atoms with Gasteiger partial charge in [0.05, 0.1) is 26.4 Å². The van der Waals surface area contributed by atoms with Gasteiger partial charge in [0.2, 0.25) is 0 Å². The lowest BCUT2D eigenvalue weighted by atomic mass is 10.00. The Morgan fingerprint density at radius 2 is 0.490 bits per heavy atom. The minimum Gasteiger partial charge on any atom is -0.462 e. The molecule has 0 radical (unpaired) electrons. The van der Waals surface area contributed by atoms with Crippen molar-refractivity contribution in [1.82, 2.24) is 0 Å². The Morgan fingerprint density at radius 1 is 0.286 bits per heavy atom. The van der Waals surface area contributed by atoms with E-state index in [4.69, 9.17) is 37.0 Å². The third-order valence-electron chi connectivity index (χ3n) is 18.9. The fourth-order valence-electron chi connectivity index (χ4n) is 12.2. The molecule has 0 aliphatic carbocycles. The number of aliphatic hydroxyl groups is 1. The van der Waals surface area contributed by atoms with E-state index in [9.17, 15) is 43.2 Å². The van der Waals surface area contributed by atoms with Gasteiger partial charge >= 0.3 is 39.5 Å². The molecule has 6 atom stereocenters. The normalized spacial score (nSPS) is 14.2. The maximum atomic E-state index is 13.1. The maximum absolute atomic E-state index is 13.1. The molecule has 0 aliphatic rings. The van der Waals surface area contributed by atoms with Gasteiger partial charge < -0.3 is 33.8 Å². The maximum Gasteiger partial charge on any atom is 0.472 e. The van der Waals surface area contributed by atoms with Crippen LogP contribution in [-0.2, 0) is 65.4 Å². The molecule has 0 aromatic carbocycles. The van der Waals surface area contributed by atoms with E-state index in [1.165, 1.54) is 244 Å². The first kappa shape index (κ1) is 96.1. The Morgan fingerprint density at radius 3 is 0.724 bits per heavy atom. The van der Waals surface area contributed by atoms with Crippen LogP contribution in [0, 0.1) is 5.92 Å². The van der Waals surface area contributed by atoms with Crippen LogP contribution in [0.25, 0.3) is 0 Å². The standard InChI is InChI=1S/C79H154O17P2/c1-6-10-13-16-19-22-25-27-29-31-32-33-34-36-38-40-42-45-48-54-59-64-78(83)95-74(68-89-77(82)63-58-53-47-44-41-39-37-35-30-28-26-23-20-17-14-11-7-2)70-93-97(85,86)91-66-73(80)67-92-98(87,88)94-71-75(96-79(84)65-60-55-50-49-51-56-61-72(5)9-4)69-90-76(81)62-57-52-46-43-24-21-18-15-12-8-3/h72-75,80H,6-71H2,1-5H3,(H,85,86)(H,87,88)/t72?,73-,74-,75-/m1/s1. The Balaban J connectivity index is 5.19. The number of ether oxygens (including phenoxy) is 4. The number of unbranched alkanes of at least 4 members (excludes halogenated alkanes) is 50. The van der Waals surface area contributed by atoms with Crippen LogP contribution in [0.3, 0.4) is 0 Å². The second-order valence-electron chi connectivity index (χ2n) is 28.7. The van der Waals surface area contributed by atoms with Gasteiger partial charge in [-0.3, -0.25) is 37.3 Å². The fraction of sp³-hybridized carbons (Fsp3) is 0.949. The summed E-state index contributed by atoms with van der Waals surface area (Å²) in [4.78, 5) is 72.8. The minimum atomic E-state index is -4.96. The predicted molar refractivity (Wildman–Crippen MR) is 400 cm³/mol. The lowest BCUT2D eigenvalue weighted by Gasteiger charge is -2.21. The number of hydrogen-bond acceptors (Lipinski definition) is 15. The summed E-state index contributed by atoms with van der Waals surface area (Å²) in [5.41, 5.74) is 0. The number of carbonyl (C=O) groups excluding carboxylic acids is 4. The van der Waals surface area contributed by atoms with Gasteiger partial charge in [0.15, 0.2) is 12.2 Å². The number of hydrogen-bond donors (Lipinski definition) is 3. The van der Waals surface area contributed by atoms with E-state index in [1.54, 1.807) is 0 Å². The van der Waals surface area contributed by atoms with E-state index in [0.29, 0.717) is 25.7 Å². The summed E-state index contributed by atoms with van der Waals surface area (Å²) < 4.78 is 68.6. The lowest BCUT2D eigenvalue weighted by Crippen LogP contribution is -2.30. The molecule has 0 spiro atoms. The molecule has 0 aromatic heterocycles. The number of rotatable bonds is 79. The van der Waals surface area contributed by atoms with Crippen LogP contribution in [0.4, 0.5) is 0 Å². The largest absolute Gasteiger partial charge is 0.472 e. The van der Waals surface area contributed by atoms with Crippen molar-refractivity contribution in [2.45, 2.75) is 438 Å². The van der Waals surface area contributed by atoms with Crippen molar-refractivity contribution in [3.05, 3.63) is 0 Å². The number of aliphatic hydroxyl groups excluding tert-OH is 1. The van der Waals surface area contributed by atoms with Gasteiger partial charge in [0.1, 0.15) is 19.3 Å². The summed E-state index contributed by atoms with van der Waals surface area (Å²) in [6.07, 6.45) is 62.6. The van der Waals surface area contributed by atoms with E-state index in [2.05, 4.69) is 34.6 Å². The monoisotopic (exact) mass is 1440 g/mol. The molecule has 0 heterocycles. The predicted octanol–water partition coefficient (Wildman–Crippen LogP) is 23.6. The molecule has 0 saturated carbocycles. The Hall–Kier alpha value is -1.94. The highest BCUT2D eigenvalue weighted by Crippen LogP contribution is 2.45. The van der Waals surface area contributed by atoms with Crippen molar-refractivity contribution < 1.29 is 80.2 Å². The summed E-state index contributed by atoms with van der Waals surface area (Å²) in [5, 5.41) is 10.6. The van der Waals surface area contributed by atoms with Gasteiger partial charge in [-0.1, -0.05) is 369 Å². The number of carbonyl (C=O) groups is 4. The molecule has 3 unspecified atom stereocenters. The van der Waals surface area contributed by atoms with Crippen molar-refractivity contribution in [3.63, 3.8) is 0 Å². The molecule has 0 aromatic rings. The first-order valence-electron chi connectivity index (χ1n) is 41.2. The third kappa shape index (κ3) is 71.1. The molecule has 0 aliphatic heterocycles. The van der Waals surface area contributed by atoms with Crippen molar-refractivity contribution >= 4 is 39.5 Å². The van der Waals surface area contributed by atoms with Crippen molar-refractivity contribution in [2.75, 3.05) is 39.6 Å². The van der Waals surface area contributed by atoms with Gasteiger partial charge in [-0.25, -0.2) is 9.13 Å². The van der Waals surface area contributed by atoms with E-state index in [1.807, 2.05) is 0 Å². The van der Waals surface area contributed by atoms with E-state index >= 15 is 0 Å². The second kappa shape index (κ2) is 72.0. The molecule has 17 nitrogen and oxygen atoms in total. The number of phosphoric ester groups is 2. The summed E-state index contributed by atoms with van der Waals surface area (Å²) in [6, 6.07) is 0. The molecular formula is C79H154O17P2. The van der Waals surface area contributed by atoms with Gasteiger partial charge in [0, 0.05) is 25.7 Å². The second-order valence-corrected chi connectivity index (χ2v) is 31.6. The van der Waals surface area contributed by atoms with Gasteiger partial charge in [-0.05, 0) is 31.6 Å². The fourth-order valence-corrected chi connectivity index (χ4v) is 13.8. The lowest BCUT2D eigenvalue weighted by molar-refractivity contribution is -0.161. The topological polar surface area (TPSA) is 237 Å². The zero-order valence-corrected chi connectivity index (χ0v) is 65.7. The average molecular weight is 1440 g/mol. The highest BCUT2D eigenvalue weighted by molar-refractivity contribution is 7.47.